The Balaban J connectivity index is 2.73. The van der Waals surface area contributed by atoms with E-state index in [0.717, 1.165) is 12.0 Å². The number of nitrogens with one attached hydrogen (secondary N) is 1. The Labute approximate surface area is 79.4 Å². The van der Waals surface area contributed by atoms with Crippen molar-refractivity contribution in [3.8, 4) is 0 Å². The largest absolute Gasteiger partial charge is 0.285 e. The molecule has 0 aliphatic rings. The normalized spacial score (nSPS) is 13.5. The Morgan fingerprint density at radius 1 is 1.46 bits per heavy atom. The van der Waals surface area contributed by atoms with Crippen molar-refractivity contribution in [1.29, 1.82) is 0 Å². The molecule has 0 radical (unpaired) electrons. The maximum absolute atomic E-state index is 3.90. The highest BCUT2D eigenvalue weighted by atomic mass is 15.1. The molecule has 1 aromatic rings. The monoisotopic (exact) mass is 176 g/mol. The first kappa shape index (κ1) is 9.78. The van der Waals surface area contributed by atoms with Crippen LogP contribution >= 0.6 is 0 Å². The van der Waals surface area contributed by atoms with Crippen LogP contribution in [-0.2, 0) is 0 Å². The van der Waals surface area contributed by atoms with Crippen LogP contribution in [-0.4, -0.2) is 10.2 Å². The average Bonchev–Trinajstić information content (AvgIpc) is 2.66. The Morgan fingerprint density at radius 2 is 2.23 bits per heavy atom. The van der Waals surface area contributed by atoms with Gasteiger partial charge < -0.3 is 0 Å². The molecule has 13 heavy (non-hydrogen) atoms. The van der Waals surface area contributed by atoms with Crippen LogP contribution in [0.25, 0.3) is 5.57 Å². The van der Waals surface area contributed by atoms with Crippen LogP contribution in [0.15, 0.2) is 30.1 Å². The fourth-order valence-electron chi connectivity index (χ4n) is 0.948. The fraction of sp³-hybridized carbons (Fsp3) is 0.364. The second-order valence-electron chi connectivity index (χ2n) is 3.20. The molecular weight excluding hydrogens is 160 g/mol. The van der Waals surface area contributed by atoms with Crippen molar-refractivity contribution in [2.75, 3.05) is 0 Å². The molecule has 0 saturated carbocycles. The van der Waals surface area contributed by atoms with Crippen LogP contribution in [0.3, 0.4) is 0 Å². The van der Waals surface area contributed by atoms with Crippen LogP contribution in [0.5, 0.6) is 0 Å². The quantitative estimate of drug-likeness (QED) is 0.704. The van der Waals surface area contributed by atoms with Crippen LogP contribution in [0.2, 0.25) is 0 Å². The molecule has 1 heterocycles. The molecule has 0 atom stereocenters. The molecule has 1 rings (SSSR count). The highest BCUT2D eigenvalue weighted by Crippen LogP contribution is 2.11. The fourth-order valence-corrected chi connectivity index (χ4v) is 0.948. The third-order valence-electron chi connectivity index (χ3n) is 2.13. The Hall–Kier alpha value is -1.31. The maximum Gasteiger partial charge on any atom is 0.0562 e. The van der Waals surface area contributed by atoms with Crippen LogP contribution in [0.4, 0.5) is 0 Å². The lowest BCUT2D eigenvalue weighted by Crippen LogP contribution is -1.74. The van der Waals surface area contributed by atoms with Crippen LogP contribution in [0, 0.1) is 0 Å². The van der Waals surface area contributed by atoms with Gasteiger partial charge in [0.1, 0.15) is 0 Å². The minimum Gasteiger partial charge on any atom is -0.285 e. The summed E-state index contributed by atoms with van der Waals surface area (Å²) in [5, 5.41) is 6.70. The molecule has 70 valence electrons. The Bertz CT molecular complexity index is 305. The summed E-state index contributed by atoms with van der Waals surface area (Å²) in [7, 11) is 0. The zero-order chi connectivity index (χ0) is 9.68. The molecule has 1 N–H and O–H groups in total. The molecule has 0 aliphatic carbocycles. The van der Waals surface area contributed by atoms with E-state index in [-0.39, 0.29) is 0 Å². The van der Waals surface area contributed by atoms with E-state index in [1.165, 1.54) is 11.1 Å². The predicted molar refractivity (Wildman–Crippen MR) is 56.3 cm³/mol. The van der Waals surface area contributed by atoms with Crippen molar-refractivity contribution in [2.24, 2.45) is 0 Å². The van der Waals surface area contributed by atoms with Gasteiger partial charge in [0.15, 0.2) is 0 Å². The predicted octanol–water partition coefficient (Wildman–Crippen LogP) is 3.17. The molecule has 0 saturated heterocycles. The van der Waals surface area contributed by atoms with E-state index in [9.17, 15) is 0 Å². The first-order valence-electron chi connectivity index (χ1n) is 4.57. The standard InChI is InChI=1S/C11H16N2/c1-4-9(2)5-6-10(3)11-7-12-13-8-11/h5-8H,4H2,1-3H3,(H,12,13)/b9-5-,10-6+. The molecule has 1 aromatic heterocycles. The number of hydrogen-bond donors (Lipinski definition) is 1. The third-order valence-corrected chi connectivity index (χ3v) is 2.13. The maximum atomic E-state index is 3.90. The molecule has 0 unspecified atom stereocenters. The summed E-state index contributed by atoms with van der Waals surface area (Å²) in [5.74, 6) is 0. The summed E-state index contributed by atoms with van der Waals surface area (Å²) in [6.45, 7) is 6.39. The van der Waals surface area contributed by atoms with Gasteiger partial charge in [-0.05, 0) is 25.8 Å². The molecule has 2 nitrogen and oxygen atoms in total. The summed E-state index contributed by atoms with van der Waals surface area (Å²) in [6, 6.07) is 0. The van der Waals surface area contributed by atoms with E-state index in [0.29, 0.717) is 0 Å². The number of hydrogen-bond acceptors (Lipinski definition) is 1. The van der Waals surface area contributed by atoms with Gasteiger partial charge in [0.2, 0.25) is 0 Å². The SMILES string of the molecule is CC/C(C)=C\C=C(/C)c1cn[nH]c1. The number of aromatic amines is 1. The zero-order valence-electron chi connectivity index (χ0n) is 8.46. The number of allylic oxidation sites excluding steroid dienone is 4. The van der Waals surface area contributed by atoms with Gasteiger partial charge >= 0.3 is 0 Å². The first-order chi connectivity index (χ1) is 6.24. The number of aromatic nitrogens is 2. The van der Waals surface area contributed by atoms with Gasteiger partial charge in [0.25, 0.3) is 0 Å². The lowest BCUT2D eigenvalue weighted by Gasteiger charge is -1.94. The molecule has 0 fully saturated rings. The summed E-state index contributed by atoms with van der Waals surface area (Å²) < 4.78 is 0. The van der Waals surface area contributed by atoms with E-state index < -0.39 is 0 Å². The van der Waals surface area contributed by atoms with Gasteiger partial charge in [0.05, 0.1) is 6.20 Å². The molecule has 0 amide bonds. The van der Waals surface area contributed by atoms with Gasteiger partial charge in [-0.25, -0.2) is 0 Å². The average molecular weight is 176 g/mol. The Morgan fingerprint density at radius 3 is 2.77 bits per heavy atom. The summed E-state index contributed by atoms with van der Waals surface area (Å²) >= 11 is 0. The molecule has 0 bridgehead atoms. The lowest BCUT2D eigenvalue weighted by atomic mass is 10.1. The van der Waals surface area contributed by atoms with Gasteiger partial charge in [0, 0.05) is 11.8 Å². The number of H-pyrrole nitrogens is 1. The summed E-state index contributed by atoms with van der Waals surface area (Å²) in [6.07, 6.45) is 9.13. The highest BCUT2D eigenvalue weighted by molar-refractivity contribution is 5.63. The topological polar surface area (TPSA) is 28.7 Å². The van der Waals surface area contributed by atoms with Crippen molar-refractivity contribution in [3.05, 3.63) is 35.7 Å². The van der Waals surface area contributed by atoms with Crippen molar-refractivity contribution in [3.63, 3.8) is 0 Å². The minimum atomic E-state index is 1.11. The van der Waals surface area contributed by atoms with Gasteiger partial charge in [-0.2, -0.15) is 5.10 Å². The molecule has 2 heteroatoms. The van der Waals surface area contributed by atoms with Crippen LogP contribution in [0.1, 0.15) is 32.8 Å². The molecule has 0 aromatic carbocycles. The number of nitrogens with zero attached hydrogens (tertiary/aromatic N) is 1. The van der Waals surface area contributed by atoms with E-state index in [2.05, 4.69) is 43.1 Å². The summed E-state index contributed by atoms with van der Waals surface area (Å²) in [4.78, 5) is 0. The van der Waals surface area contributed by atoms with Gasteiger partial charge in [-0.1, -0.05) is 24.6 Å². The smallest absolute Gasteiger partial charge is 0.0562 e. The van der Waals surface area contributed by atoms with Crippen LogP contribution < -0.4 is 0 Å². The van der Waals surface area contributed by atoms with Crippen molar-refractivity contribution in [2.45, 2.75) is 27.2 Å². The molecule has 0 aliphatic heterocycles. The highest BCUT2D eigenvalue weighted by Gasteiger charge is 1.93. The molecular formula is C11H16N2. The second-order valence-corrected chi connectivity index (χ2v) is 3.20. The minimum absolute atomic E-state index is 1.11. The third kappa shape index (κ3) is 2.90. The Kier molecular flexibility index (Phi) is 3.50. The van der Waals surface area contributed by atoms with Crippen molar-refractivity contribution in [1.82, 2.24) is 10.2 Å². The van der Waals surface area contributed by atoms with Crippen molar-refractivity contribution >= 4 is 5.57 Å². The van der Waals surface area contributed by atoms with E-state index in [1.54, 1.807) is 0 Å². The van der Waals surface area contributed by atoms with Crippen molar-refractivity contribution < 1.29 is 0 Å². The van der Waals surface area contributed by atoms with E-state index in [4.69, 9.17) is 0 Å². The van der Waals surface area contributed by atoms with Gasteiger partial charge in [-0.3, -0.25) is 5.10 Å². The second kappa shape index (κ2) is 4.65. The summed E-state index contributed by atoms with van der Waals surface area (Å²) in [5.41, 5.74) is 3.78. The van der Waals surface area contributed by atoms with Gasteiger partial charge in [-0.15, -0.1) is 0 Å². The first-order valence-corrected chi connectivity index (χ1v) is 4.57. The molecule has 0 spiro atoms. The van der Waals surface area contributed by atoms with E-state index in [1.807, 2.05) is 12.4 Å². The lowest BCUT2D eigenvalue weighted by molar-refractivity contribution is 1.09. The number of rotatable bonds is 3. The zero-order valence-corrected chi connectivity index (χ0v) is 8.46. The van der Waals surface area contributed by atoms with E-state index >= 15 is 0 Å².